The molecule has 8 aromatic rings. The Morgan fingerprint density at radius 3 is 1.46 bits per heavy atom. The molecule has 0 atom stereocenters. The maximum absolute atomic E-state index is 5.66. The van der Waals surface area contributed by atoms with Crippen molar-refractivity contribution in [2.24, 2.45) is 0 Å². The summed E-state index contributed by atoms with van der Waals surface area (Å²) in [6.07, 6.45) is 0. The van der Waals surface area contributed by atoms with Crippen LogP contribution >= 0.6 is 11.3 Å². The van der Waals surface area contributed by atoms with Crippen molar-refractivity contribution >= 4 is 43.2 Å². The number of hydrogen-bond acceptors (Lipinski definition) is 2. The van der Waals surface area contributed by atoms with E-state index in [-0.39, 0.29) is 21.7 Å². The number of rotatable bonds is 4. The lowest BCUT2D eigenvalue weighted by atomic mass is 9.83. The molecule has 3 heteroatoms. The van der Waals surface area contributed by atoms with Crippen LogP contribution in [0.3, 0.4) is 0 Å². The Morgan fingerprint density at radius 1 is 0.429 bits per heavy atom. The van der Waals surface area contributed by atoms with Crippen molar-refractivity contribution in [1.29, 1.82) is 0 Å². The highest BCUT2D eigenvalue weighted by molar-refractivity contribution is 7.17. The van der Waals surface area contributed by atoms with Gasteiger partial charge in [-0.15, -0.1) is 11.3 Å². The summed E-state index contributed by atoms with van der Waals surface area (Å²) in [4.78, 5) is 9.54. The zero-order valence-corrected chi connectivity index (χ0v) is 36.1. The zero-order valence-electron chi connectivity index (χ0n) is 35.3. The number of aromatic amines is 1. The smallest absolute Gasteiger partial charge is 0.0817 e. The molecule has 0 saturated carbocycles. The number of aromatic nitrogens is 2. The van der Waals surface area contributed by atoms with E-state index in [1.165, 1.54) is 65.4 Å². The predicted molar refractivity (Wildman–Crippen MR) is 246 cm³/mol. The highest BCUT2D eigenvalue weighted by Gasteiger charge is 2.24. The number of fused-ring (bicyclic) bond motifs is 4. The van der Waals surface area contributed by atoms with Crippen molar-refractivity contribution in [3.8, 4) is 44.8 Å². The topological polar surface area (TPSA) is 28.7 Å². The predicted octanol–water partition coefficient (Wildman–Crippen LogP) is 15.8. The summed E-state index contributed by atoms with van der Waals surface area (Å²) in [5.74, 6) is 0. The van der Waals surface area contributed by atoms with Gasteiger partial charge >= 0.3 is 0 Å². The number of pyridine rings is 1. The third-order valence-corrected chi connectivity index (χ3v) is 12.4. The van der Waals surface area contributed by atoms with Crippen molar-refractivity contribution in [3.05, 3.63) is 137 Å². The second-order valence-corrected chi connectivity index (χ2v) is 20.9. The average Bonchev–Trinajstić information content (AvgIpc) is 3.77. The molecule has 5 aromatic carbocycles. The molecule has 284 valence electrons. The first kappa shape index (κ1) is 37.9. The first-order valence-electron chi connectivity index (χ1n) is 20.1. The fourth-order valence-electron chi connectivity index (χ4n) is 7.84. The second-order valence-electron chi connectivity index (χ2n) is 20.0. The van der Waals surface area contributed by atoms with Crippen LogP contribution in [0.25, 0.3) is 76.7 Å². The van der Waals surface area contributed by atoms with E-state index in [0.29, 0.717) is 0 Å². The Kier molecular flexibility index (Phi) is 9.01. The minimum atomic E-state index is -0.0478. The lowest BCUT2D eigenvalue weighted by Crippen LogP contribution is -2.11. The molecule has 3 heterocycles. The van der Waals surface area contributed by atoms with Crippen LogP contribution in [0.2, 0.25) is 0 Å². The minimum Gasteiger partial charge on any atom is -0.354 e. The molecule has 0 saturated heterocycles. The molecule has 0 aliphatic rings. The Balaban J connectivity index is 1.37. The molecule has 0 radical (unpaired) electrons. The first-order chi connectivity index (χ1) is 26.2. The van der Waals surface area contributed by atoms with Gasteiger partial charge in [-0.25, -0.2) is 4.98 Å². The summed E-state index contributed by atoms with van der Waals surface area (Å²) >= 11 is 1.79. The van der Waals surface area contributed by atoms with E-state index >= 15 is 0 Å². The quantitative estimate of drug-likeness (QED) is 0.191. The van der Waals surface area contributed by atoms with Gasteiger partial charge in [0, 0.05) is 37.5 Å². The fraction of sp³-hybridized carbons (Fsp3) is 0.302. The monoisotopic (exact) mass is 752 g/mol. The van der Waals surface area contributed by atoms with E-state index in [2.05, 4.69) is 203 Å². The summed E-state index contributed by atoms with van der Waals surface area (Å²) in [5, 5.41) is 5.92. The highest BCUT2D eigenvalue weighted by Crippen LogP contribution is 2.43. The largest absolute Gasteiger partial charge is 0.354 e. The SMILES string of the molecule is CC(C)(C)c1ccc(-c2cc(-c3ccc(C(C)(C)C)cc3)cc(-c3cc4sccc4c(-c4cc(C(C)(C)C)cc5c4[nH]c4ccc(C(C)(C)C)cc45)n3)c2)cc1. The van der Waals surface area contributed by atoms with Crippen LogP contribution in [-0.2, 0) is 21.7 Å². The lowest BCUT2D eigenvalue weighted by molar-refractivity contribution is 0.590. The highest BCUT2D eigenvalue weighted by atomic mass is 32.1. The van der Waals surface area contributed by atoms with E-state index in [1.807, 2.05) is 0 Å². The third kappa shape index (κ3) is 7.11. The molecule has 8 rings (SSSR count). The van der Waals surface area contributed by atoms with E-state index in [9.17, 15) is 0 Å². The molecule has 0 amide bonds. The molecule has 0 unspecified atom stereocenters. The first-order valence-corrected chi connectivity index (χ1v) is 21.0. The van der Waals surface area contributed by atoms with Gasteiger partial charge < -0.3 is 4.98 Å². The van der Waals surface area contributed by atoms with Gasteiger partial charge in [0.05, 0.1) is 16.9 Å². The van der Waals surface area contributed by atoms with E-state index in [0.717, 1.165) is 33.5 Å². The molecule has 0 aliphatic heterocycles. The van der Waals surface area contributed by atoms with Crippen LogP contribution in [-0.4, -0.2) is 9.97 Å². The Hall–Kier alpha value is -4.99. The van der Waals surface area contributed by atoms with Crippen LogP contribution in [0, 0.1) is 0 Å². The van der Waals surface area contributed by atoms with E-state index < -0.39 is 0 Å². The van der Waals surface area contributed by atoms with Gasteiger partial charge in [0.15, 0.2) is 0 Å². The Bertz CT molecular complexity index is 2670. The molecule has 3 aromatic heterocycles. The van der Waals surface area contributed by atoms with Crippen LogP contribution in [0.1, 0.15) is 105 Å². The zero-order chi connectivity index (χ0) is 39.9. The standard InChI is InChI=1S/C53H56N2S/c1-50(2,3)37-17-13-32(14-18-37)34-25-35(33-15-19-38(20-16-33)51(4,5)6)27-36(26-34)46-31-47-41(23-24-56-47)48(55-46)44-30-40(53(10,11)12)29-43-42-28-39(52(7,8)9)21-22-45(42)54-49(43)44/h13-31,54H,1-12H3. The number of nitrogens with one attached hydrogen (secondary N) is 1. The molecule has 2 nitrogen and oxygen atoms in total. The molecule has 1 N–H and O–H groups in total. The normalized spacial score (nSPS) is 13.0. The van der Waals surface area contributed by atoms with Gasteiger partial charge in [0.1, 0.15) is 0 Å². The lowest BCUT2D eigenvalue weighted by Gasteiger charge is -2.21. The molecule has 0 fully saturated rings. The summed E-state index contributed by atoms with van der Waals surface area (Å²) in [6, 6.07) is 41.5. The van der Waals surface area contributed by atoms with Gasteiger partial charge in [-0.2, -0.15) is 0 Å². The Labute approximate surface area is 338 Å². The number of nitrogens with zero attached hydrogens (tertiary/aromatic N) is 1. The van der Waals surface area contributed by atoms with Gasteiger partial charge in [-0.1, -0.05) is 138 Å². The summed E-state index contributed by atoms with van der Waals surface area (Å²) in [7, 11) is 0. The summed E-state index contributed by atoms with van der Waals surface area (Å²) in [6.45, 7) is 27.5. The van der Waals surface area contributed by atoms with E-state index in [4.69, 9.17) is 4.98 Å². The maximum atomic E-state index is 5.66. The summed E-state index contributed by atoms with van der Waals surface area (Å²) in [5.41, 5.74) is 16.9. The van der Waals surface area contributed by atoms with Crippen LogP contribution in [0.4, 0.5) is 0 Å². The number of benzene rings is 5. The van der Waals surface area contributed by atoms with Crippen LogP contribution < -0.4 is 0 Å². The fourth-order valence-corrected chi connectivity index (χ4v) is 8.66. The van der Waals surface area contributed by atoms with Gasteiger partial charge in [-0.3, -0.25) is 0 Å². The van der Waals surface area contributed by atoms with E-state index in [1.54, 1.807) is 11.3 Å². The molecule has 0 bridgehead atoms. The number of thiophene rings is 1. The molecule has 0 spiro atoms. The molecule has 56 heavy (non-hydrogen) atoms. The maximum Gasteiger partial charge on any atom is 0.0817 e. The number of hydrogen-bond donors (Lipinski definition) is 1. The summed E-state index contributed by atoms with van der Waals surface area (Å²) < 4.78 is 1.24. The van der Waals surface area contributed by atoms with Crippen molar-refractivity contribution in [2.75, 3.05) is 0 Å². The van der Waals surface area contributed by atoms with Crippen molar-refractivity contribution in [3.63, 3.8) is 0 Å². The number of H-pyrrole nitrogens is 1. The molecular weight excluding hydrogens is 697 g/mol. The Morgan fingerprint density at radius 2 is 0.929 bits per heavy atom. The van der Waals surface area contributed by atoms with Crippen molar-refractivity contribution in [2.45, 2.75) is 105 Å². The molecule has 0 aliphatic carbocycles. The van der Waals surface area contributed by atoms with Gasteiger partial charge in [0.25, 0.3) is 0 Å². The van der Waals surface area contributed by atoms with Gasteiger partial charge in [-0.05, 0) is 126 Å². The van der Waals surface area contributed by atoms with Gasteiger partial charge in [0.2, 0.25) is 0 Å². The van der Waals surface area contributed by atoms with Crippen LogP contribution in [0.15, 0.2) is 115 Å². The van der Waals surface area contributed by atoms with Crippen molar-refractivity contribution < 1.29 is 0 Å². The van der Waals surface area contributed by atoms with Crippen molar-refractivity contribution in [1.82, 2.24) is 9.97 Å². The molecular formula is C53H56N2S. The third-order valence-electron chi connectivity index (χ3n) is 11.5. The second kappa shape index (κ2) is 13.3. The average molecular weight is 753 g/mol. The minimum absolute atomic E-state index is 0.0478. The van der Waals surface area contributed by atoms with Crippen LogP contribution in [0.5, 0.6) is 0 Å².